The Morgan fingerprint density at radius 1 is 1.70 bits per heavy atom. The molecule has 0 spiro atoms. The van der Waals surface area contributed by atoms with E-state index in [-0.39, 0.29) is 5.12 Å². The molecule has 1 heterocycles. The first-order valence-corrected chi connectivity index (χ1v) is 4.07. The Morgan fingerprint density at radius 2 is 2.50 bits per heavy atom. The van der Waals surface area contributed by atoms with Gasteiger partial charge < -0.3 is 4.74 Å². The topological polar surface area (TPSA) is 26.3 Å². The minimum Gasteiger partial charge on any atom is -0.378 e. The van der Waals surface area contributed by atoms with Crippen molar-refractivity contribution in [3.63, 3.8) is 0 Å². The van der Waals surface area contributed by atoms with Gasteiger partial charge in [-0.05, 0) is 19.3 Å². The molecule has 58 valence electrons. The molecule has 0 aromatic heterocycles. The van der Waals surface area contributed by atoms with Gasteiger partial charge >= 0.3 is 0 Å². The Kier molecular flexibility index (Phi) is 3.22. The van der Waals surface area contributed by atoms with E-state index in [1.165, 1.54) is 0 Å². The summed E-state index contributed by atoms with van der Waals surface area (Å²) in [7, 11) is 0. The number of ether oxygens (including phenoxy) is 1. The van der Waals surface area contributed by atoms with E-state index in [9.17, 15) is 4.79 Å². The summed E-state index contributed by atoms with van der Waals surface area (Å²) in [6, 6.07) is 0. The van der Waals surface area contributed by atoms with Gasteiger partial charge in [0.15, 0.2) is 5.12 Å². The third-order valence-corrected chi connectivity index (χ3v) is 1.93. The van der Waals surface area contributed by atoms with Crippen LogP contribution in [0.3, 0.4) is 0 Å². The Bertz CT molecular complexity index is 119. The molecule has 0 radical (unpaired) electrons. The molecule has 1 aliphatic rings. The third-order valence-electron chi connectivity index (χ3n) is 1.70. The highest BCUT2D eigenvalue weighted by Crippen LogP contribution is 2.16. The van der Waals surface area contributed by atoms with Crippen LogP contribution in [0.25, 0.3) is 0 Å². The maximum atomic E-state index is 10.4. The minimum absolute atomic E-state index is 0.0319. The van der Waals surface area contributed by atoms with Crippen LogP contribution in [0.2, 0.25) is 0 Å². The van der Waals surface area contributed by atoms with Crippen LogP contribution < -0.4 is 0 Å². The van der Waals surface area contributed by atoms with Gasteiger partial charge in [-0.1, -0.05) is 0 Å². The molecule has 1 atom stereocenters. The summed E-state index contributed by atoms with van der Waals surface area (Å²) < 4.78 is 5.32. The van der Waals surface area contributed by atoms with Crippen molar-refractivity contribution in [3.8, 4) is 0 Å². The second-order valence-electron chi connectivity index (χ2n) is 2.57. The molecule has 3 heteroatoms. The van der Waals surface area contributed by atoms with Crippen molar-refractivity contribution < 1.29 is 9.53 Å². The highest BCUT2D eigenvalue weighted by atomic mass is 32.1. The first-order chi connectivity index (χ1) is 4.79. The zero-order chi connectivity index (χ0) is 7.40. The molecule has 2 nitrogen and oxygen atoms in total. The molecule has 1 saturated heterocycles. The van der Waals surface area contributed by atoms with Crippen LogP contribution >= 0.6 is 12.6 Å². The van der Waals surface area contributed by atoms with Crippen LogP contribution in [0.5, 0.6) is 0 Å². The number of carbonyl (C=O) groups is 1. The molecule has 10 heavy (non-hydrogen) atoms. The minimum atomic E-state index is -0.0319. The summed E-state index contributed by atoms with van der Waals surface area (Å²) in [5, 5.41) is -0.0319. The van der Waals surface area contributed by atoms with Crippen LogP contribution in [0, 0.1) is 0 Å². The summed E-state index contributed by atoms with van der Waals surface area (Å²) in [5.41, 5.74) is 0. The summed E-state index contributed by atoms with van der Waals surface area (Å²) in [6.07, 6.45) is 3.99. The van der Waals surface area contributed by atoms with Crippen LogP contribution in [0.15, 0.2) is 0 Å². The van der Waals surface area contributed by atoms with Crippen molar-refractivity contribution >= 4 is 17.7 Å². The van der Waals surface area contributed by atoms with Crippen molar-refractivity contribution in [2.75, 3.05) is 6.61 Å². The molecule has 0 aliphatic carbocycles. The van der Waals surface area contributed by atoms with Gasteiger partial charge in [-0.2, -0.15) is 0 Å². The molecular weight excluding hydrogens is 148 g/mol. The molecule has 0 bridgehead atoms. The van der Waals surface area contributed by atoms with E-state index in [0.29, 0.717) is 12.5 Å². The SMILES string of the molecule is O=C(S)CCC1CCCO1. The summed E-state index contributed by atoms with van der Waals surface area (Å²) in [4.78, 5) is 10.4. The van der Waals surface area contributed by atoms with Gasteiger partial charge in [-0.3, -0.25) is 4.79 Å². The first-order valence-electron chi connectivity index (χ1n) is 3.62. The lowest BCUT2D eigenvalue weighted by molar-refractivity contribution is -0.111. The Morgan fingerprint density at radius 3 is 3.00 bits per heavy atom. The molecule has 0 aromatic rings. The van der Waals surface area contributed by atoms with Crippen molar-refractivity contribution in [3.05, 3.63) is 0 Å². The van der Waals surface area contributed by atoms with Gasteiger partial charge in [-0.15, -0.1) is 12.6 Å². The lowest BCUT2D eigenvalue weighted by Gasteiger charge is -2.05. The average molecular weight is 160 g/mol. The quantitative estimate of drug-likeness (QED) is 0.632. The molecule has 0 N–H and O–H groups in total. The monoisotopic (exact) mass is 160 g/mol. The number of carbonyl (C=O) groups excluding carboxylic acids is 1. The highest BCUT2D eigenvalue weighted by molar-refractivity contribution is 7.96. The Balaban J connectivity index is 2.07. The van der Waals surface area contributed by atoms with E-state index >= 15 is 0 Å². The second kappa shape index (κ2) is 3.98. The van der Waals surface area contributed by atoms with E-state index in [4.69, 9.17) is 4.74 Å². The third kappa shape index (κ3) is 2.71. The van der Waals surface area contributed by atoms with Gasteiger partial charge in [0.1, 0.15) is 0 Å². The lowest BCUT2D eigenvalue weighted by atomic mass is 10.1. The standard InChI is InChI=1S/C7H12O2S/c8-7(10)4-3-6-2-1-5-9-6/h6H,1-5H2,(H,8,10). The van der Waals surface area contributed by atoms with Gasteiger partial charge in [0.05, 0.1) is 6.10 Å². The molecular formula is C7H12O2S. The fraction of sp³-hybridized carbons (Fsp3) is 0.857. The van der Waals surface area contributed by atoms with Crippen LogP contribution in [0.1, 0.15) is 25.7 Å². The van der Waals surface area contributed by atoms with E-state index in [2.05, 4.69) is 12.6 Å². The Labute approximate surface area is 66.4 Å². The maximum Gasteiger partial charge on any atom is 0.186 e. The van der Waals surface area contributed by atoms with Gasteiger partial charge in [0.2, 0.25) is 0 Å². The number of hydrogen-bond acceptors (Lipinski definition) is 2. The molecule has 0 saturated carbocycles. The summed E-state index contributed by atoms with van der Waals surface area (Å²) >= 11 is 3.68. The van der Waals surface area contributed by atoms with Crippen molar-refractivity contribution in [1.29, 1.82) is 0 Å². The molecule has 1 aliphatic heterocycles. The summed E-state index contributed by atoms with van der Waals surface area (Å²) in [6.45, 7) is 0.866. The smallest absolute Gasteiger partial charge is 0.186 e. The predicted molar refractivity (Wildman–Crippen MR) is 42.2 cm³/mol. The Hall–Kier alpha value is -0.0200. The fourth-order valence-electron chi connectivity index (χ4n) is 1.16. The van der Waals surface area contributed by atoms with Gasteiger partial charge in [0.25, 0.3) is 0 Å². The highest BCUT2D eigenvalue weighted by Gasteiger charge is 2.15. The molecule has 1 rings (SSSR count). The first kappa shape index (κ1) is 8.08. The zero-order valence-electron chi connectivity index (χ0n) is 5.88. The largest absolute Gasteiger partial charge is 0.378 e. The van der Waals surface area contributed by atoms with Crippen molar-refractivity contribution in [2.24, 2.45) is 0 Å². The van der Waals surface area contributed by atoms with Gasteiger partial charge in [0, 0.05) is 13.0 Å². The zero-order valence-corrected chi connectivity index (χ0v) is 6.77. The molecule has 0 aromatic carbocycles. The van der Waals surface area contributed by atoms with Crippen molar-refractivity contribution in [1.82, 2.24) is 0 Å². The molecule has 0 amide bonds. The predicted octanol–water partition coefficient (Wildman–Crippen LogP) is 1.40. The number of rotatable bonds is 3. The molecule has 1 unspecified atom stereocenters. The van der Waals surface area contributed by atoms with E-state index in [0.717, 1.165) is 25.9 Å². The lowest BCUT2D eigenvalue weighted by Crippen LogP contribution is -2.05. The van der Waals surface area contributed by atoms with Gasteiger partial charge in [-0.25, -0.2) is 0 Å². The second-order valence-corrected chi connectivity index (χ2v) is 3.07. The fourth-order valence-corrected chi connectivity index (χ4v) is 1.29. The van der Waals surface area contributed by atoms with Crippen LogP contribution in [0.4, 0.5) is 0 Å². The number of thiol groups is 1. The summed E-state index contributed by atoms with van der Waals surface area (Å²) in [5.74, 6) is 0. The molecule has 1 fully saturated rings. The normalized spacial score (nSPS) is 25.1. The average Bonchev–Trinajstić information content (AvgIpc) is 2.34. The number of hydrogen-bond donors (Lipinski definition) is 1. The van der Waals surface area contributed by atoms with E-state index in [1.54, 1.807) is 0 Å². The van der Waals surface area contributed by atoms with Crippen LogP contribution in [-0.2, 0) is 9.53 Å². The van der Waals surface area contributed by atoms with Crippen LogP contribution in [-0.4, -0.2) is 17.8 Å². The van der Waals surface area contributed by atoms with Crippen molar-refractivity contribution in [2.45, 2.75) is 31.8 Å². The van der Waals surface area contributed by atoms with E-state index < -0.39 is 0 Å². The maximum absolute atomic E-state index is 10.4. The van der Waals surface area contributed by atoms with E-state index in [1.807, 2.05) is 0 Å².